The molecule has 4 nitrogen and oxygen atoms in total. The summed E-state index contributed by atoms with van der Waals surface area (Å²) in [6.45, 7) is 5.05. The SMILES string of the molecule is C[C@@H]1CN(C(=O)Nc2cc(Cl)cc(Cl)c2)C[C@H](C)O1. The maximum Gasteiger partial charge on any atom is 0.322 e. The number of amides is 2. The largest absolute Gasteiger partial charge is 0.372 e. The lowest BCUT2D eigenvalue weighted by molar-refractivity contribution is -0.0530. The van der Waals surface area contributed by atoms with Crippen LogP contribution in [0.2, 0.25) is 10.0 Å². The number of rotatable bonds is 1. The van der Waals surface area contributed by atoms with Gasteiger partial charge < -0.3 is 15.0 Å². The van der Waals surface area contributed by atoms with Crippen molar-refractivity contribution in [3.8, 4) is 0 Å². The second-order valence-corrected chi connectivity index (χ2v) is 5.62. The number of carbonyl (C=O) groups excluding carboxylic acids is 1. The van der Waals surface area contributed by atoms with Crippen molar-refractivity contribution in [2.45, 2.75) is 26.1 Å². The molecule has 0 aliphatic carbocycles. The molecule has 6 heteroatoms. The maximum absolute atomic E-state index is 12.2. The van der Waals surface area contributed by atoms with Crippen LogP contribution in [0.25, 0.3) is 0 Å². The third kappa shape index (κ3) is 4.00. The molecule has 2 amide bonds. The molecular formula is C13H16Cl2N2O2. The van der Waals surface area contributed by atoms with Gasteiger partial charge in [-0.3, -0.25) is 0 Å². The highest BCUT2D eigenvalue weighted by atomic mass is 35.5. The molecule has 0 unspecified atom stereocenters. The highest BCUT2D eigenvalue weighted by Gasteiger charge is 2.25. The zero-order valence-electron chi connectivity index (χ0n) is 10.8. The normalized spacial score (nSPS) is 23.3. The first-order chi connectivity index (χ1) is 8.94. The third-order valence-electron chi connectivity index (χ3n) is 2.82. The van der Waals surface area contributed by atoms with Crippen LogP contribution in [-0.4, -0.2) is 36.2 Å². The first-order valence-electron chi connectivity index (χ1n) is 6.11. The van der Waals surface area contributed by atoms with Crippen LogP contribution in [0, 0.1) is 0 Å². The summed E-state index contributed by atoms with van der Waals surface area (Å²) >= 11 is 11.8. The van der Waals surface area contributed by atoms with E-state index < -0.39 is 0 Å². The number of carbonyl (C=O) groups is 1. The molecule has 2 atom stereocenters. The Balaban J connectivity index is 2.04. The second-order valence-electron chi connectivity index (χ2n) is 4.75. The molecular weight excluding hydrogens is 287 g/mol. The van der Waals surface area contributed by atoms with E-state index in [0.717, 1.165) is 0 Å². The zero-order valence-corrected chi connectivity index (χ0v) is 12.3. The van der Waals surface area contributed by atoms with Crippen molar-refractivity contribution < 1.29 is 9.53 Å². The van der Waals surface area contributed by atoms with E-state index in [0.29, 0.717) is 28.8 Å². The van der Waals surface area contributed by atoms with Crippen molar-refractivity contribution in [1.29, 1.82) is 0 Å². The molecule has 1 aromatic carbocycles. The number of nitrogens with zero attached hydrogens (tertiary/aromatic N) is 1. The van der Waals surface area contributed by atoms with Crippen molar-refractivity contribution in [2.75, 3.05) is 18.4 Å². The minimum Gasteiger partial charge on any atom is -0.372 e. The highest BCUT2D eigenvalue weighted by Crippen LogP contribution is 2.23. The van der Waals surface area contributed by atoms with Crippen LogP contribution in [0.5, 0.6) is 0 Å². The van der Waals surface area contributed by atoms with E-state index in [1.165, 1.54) is 0 Å². The topological polar surface area (TPSA) is 41.6 Å². The molecule has 1 aromatic rings. The van der Waals surface area contributed by atoms with E-state index in [1.54, 1.807) is 23.1 Å². The molecule has 1 aliphatic heterocycles. The minimum absolute atomic E-state index is 0.0393. The summed E-state index contributed by atoms with van der Waals surface area (Å²) in [5.41, 5.74) is 0.592. The van der Waals surface area contributed by atoms with E-state index >= 15 is 0 Å². The number of morpholine rings is 1. The molecule has 1 fully saturated rings. The van der Waals surface area contributed by atoms with Crippen LogP contribution in [0.15, 0.2) is 18.2 Å². The van der Waals surface area contributed by atoms with Crippen LogP contribution in [-0.2, 0) is 4.74 Å². The van der Waals surface area contributed by atoms with Gasteiger partial charge in [0.2, 0.25) is 0 Å². The number of anilines is 1. The Kier molecular flexibility index (Phi) is 4.55. The zero-order chi connectivity index (χ0) is 14.0. The standard InChI is InChI=1S/C13H16Cl2N2O2/c1-8-6-17(7-9(2)19-8)13(18)16-12-4-10(14)3-11(15)5-12/h3-5,8-9H,6-7H2,1-2H3,(H,16,18)/t8-,9+. The summed E-state index contributed by atoms with van der Waals surface area (Å²) in [6.07, 6.45) is 0.0786. The predicted molar refractivity (Wildman–Crippen MR) is 77.1 cm³/mol. The van der Waals surface area contributed by atoms with E-state index in [4.69, 9.17) is 27.9 Å². The molecule has 1 N–H and O–H groups in total. The highest BCUT2D eigenvalue weighted by molar-refractivity contribution is 6.35. The van der Waals surface area contributed by atoms with Crippen LogP contribution in [0.4, 0.5) is 10.5 Å². The van der Waals surface area contributed by atoms with Crippen LogP contribution < -0.4 is 5.32 Å². The second kappa shape index (κ2) is 5.99. The predicted octanol–water partition coefficient (Wildman–Crippen LogP) is 3.63. The van der Waals surface area contributed by atoms with Gasteiger partial charge in [-0.15, -0.1) is 0 Å². The Bertz CT molecular complexity index is 451. The van der Waals surface area contributed by atoms with Gasteiger partial charge in [-0.2, -0.15) is 0 Å². The van der Waals surface area contributed by atoms with Gasteiger partial charge in [-0.1, -0.05) is 23.2 Å². The lowest BCUT2D eigenvalue weighted by atomic mass is 10.2. The summed E-state index contributed by atoms with van der Waals surface area (Å²) in [6, 6.07) is 4.79. The lowest BCUT2D eigenvalue weighted by Gasteiger charge is -2.35. The van der Waals surface area contributed by atoms with E-state index in [-0.39, 0.29) is 18.2 Å². The molecule has 0 saturated carbocycles. The van der Waals surface area contributed by atoms with E-state index in [2.05, 4.69) is 5.32 Å². The van der Waals surface area contributed by atoms with E-state index in [1.807, 2.05) is 13.8 Å². The summed E-state index contributed by atoms with van der Waals surface area (Å²) in [7, 11) is 0. The van der Waals surface area contributed by atoms with Gasteiger partial charge in [-0.05, 0) is 32.0 Å². The van der Waals surface area contributed by atoms with Gasteiger partial charge in [0.25, 0.3) is 0 Å². The Hall–Kier alpha value is -0.970. The molecule has 1 saturated heterocycles. The van der Waals surface area contributed by atoms with Crippen molar-refractivity contribution in [3.05, 3.63) is 28.2 Å². The number of ether oxygens (including phenoxy) is 1. The Morgan fingerprint density at radius 2 is 1.74 bits per heavy atom. The summed E-state index contributed by atoms with van der Waals surface area (Å²) in [5, 5.41) is 3.78. The number of urea groups is 1. The first-order valence-corrected chi connectivity index (χ1v) is 6.87. The monoisotopic (exact) mass is 302 g/mol. The van der Waals surface area contributed by atoms with Gasteiger partial charge >= 0.3 is 6.03 Å². The third-order valence-corrected chi connectivity index (χ3v) is 3.26. The van der Waals surface area contributed by atoms with Crippen LogP contribution >= 0.6 is 23.2 Å². The molecule has 0 radical (unpaired) electrons. The molecule has 1 heterocycles. The number of halogens is 2. The molecule has 0 bridgehead atoms. The fourth-order valence-electron chi connectivity index (χ4n) is 2.17. The quantitative estimate of drug-likeness (QED) is 0.860. The summed E-state index contributed by atoms with van der Waals surface area (Å²) in [5.74, 6) is 0. The van der Waals surface area contributed by atoms with Gasteiger partial charge in [0.1, 0.15) is 0 Å². The fourth-order valence-corrected chi connectivity index (χ4v) is 2.70. The number of benzene rings is 1. The summed E-state index contributed by atoms with van der Waals surface area (Å²) in [4.78, 5) is 13.9. The fraction of sp³-hybridized carbons (Fsp3) is 0.462. The maximum atomic E-state index is 12.2. The van der Waals surface area contributed by atoms with Crippen LogP contribution in [0.1, 0.15) is 13.8 Å². The smallest absolute Gasteiger partial charge is 0.322 e. The van der Waals surface area contributed by atoms with Crippen molar-refractivity contribution in [2.24, 2.45) is 0 Å². The van der Waals surface area contributed by atoms with Crippen molar-refractivity contribution in [3.63, 3.8) is 0 Å². The first kappa shape index (κ1) is 14.4. The van der Waals surface area contributed by atoms with Gasteiger partial charge in [-0.25, -0.2) is 4.79 Å². The summed E-state index contributed by atoms with van der Waals surface area (Å²) < 4.78 is 5.59. The lowest BCUT2D eigenvalue weighted by Crippen LogP contribution is -2.49. The van der Waals surface area contributed by atoms with Crippen molar-refractivity contribution >= 4 is 34.9 Å². The molecule has 19 heavy (non-hydrogen) atoms. The van der Waals surface area contributed by atoms with Crippen molar-refractivity contribution in [1.82, 2.24) is 4.90 Å². The van der Waals surface area contributed by atoms with Gasteiger partial charge in [0.05, 0.1) is 12.2 Å². The number of nitrogens with one attached hydrogen (secondary N) is 1. The average molecular weight is 303 g/mol. The minimum atomic E-state index is -0.166. The number of hydrogen-bond acceptors (Lipinski definition) is 2. The Morgan fingerprint density at radius 3 is 2.26 bits per heavy atom. The molecule has 104 valence electrons. The van der Waals surface area contributed by atoms with Gasteiger partial charge in [0, 0.05) is 28.8 Å². The van der Waals surface area contributed by atoms with Gasteiger partial charge in [0.15, 0.2) is 0 Å². The van der Waals surface area contributed by atoms with E-state index in [9.17, 15) is 4.79 Å². The Morgan fingerprint density at radius 1 is 1.21 bits per heavy atom. The number of hydrogen-bond donors (Lipinski definition) is 1. The molecule has 0 spiro atoms. The average Bonchev–Trinajstić information content (AvgIpc) is 2.25. The van der Waals surface area contributed by atoms with Crippen LogP contribution in [0.3, 0.4) is 0 Å². The Labute approximate surface area is 122 Å². The molecule has 2 rings (SSSR count). The molecule has 1 aliphatic rings. The molecule has 0 aromatic heterocycles.